The van der Waals surface area contributed by atoms with Crippen LogP contribution in [0.4, 0.5) is 0 Å². The summed E-state index contributed by atoms with van der Waals surface area (Å²) in [6.45, 7) is 10.2. The van der Waals surface area contributed by atoms with Crippen molar-refractivity contribution in [2.24, 2.45) is 12.5 Å². The van der Waals surface area contributed by atoms with Gasteiger partial charge in [-0.05, 0) is 58.2 Å². The van der Waals surface area contributed by atoms with E-state index in [4.69, 9.17) is 0 Å². The molecular weight excluding hydrogens is 328 g/mol. The van der Waals surface area contributed by atoms with Gasteiger partial charge in [-0.2, -0.15) is 5.10 Å². The number of aliphatic hydroxyl groups excluding tert-OH is 1. The number of aliphatic hydroxyl groups is 1. The lowest BCUT2D eigenvalue weighted by molar-refractivity contribution is -0.146. The van der Waals surface area contributed by atoms with Crippen molar-refractivity contribution in [1.82, 2.24) is 19.6 Å². The summed E-state index contributed by atoms with van der Waals surface area (Å²) in [6, 6.07) is 0.151. The van der Waals surface area contributed by atoms with Crippen LogP contribution in [0, 0.1) is 19.3 Å². The van der Waals surface area contributed by atoms with Crippen molar-refractivity contribution in [2.75, 3.05) is 32.8 Å². The van der Waals surface area contributed by atoms with Gasteiger partial charge in [0.05, 0.1) is 18.3 Å². The molecule has 0 radical (unpaired) electrons. The molecule has 1 amide bonds. The highest BCUT2D eigenvalue weighted by Crippen LogP contribution is 2.42. The number of aryl methyl sites for hydroxylation is 2. The largest absolute Gasteiger partial charge is 0.396 e. The molecule has 1 aromatic rings. The molecule has 1 aromatic heterocycles. The number of likely N-dealkylation sites (N-methyl/N-ethyl adjacent to an activating group) is 1. The minimum absolute atomic E-state index is 0.0975. The van der Waals surface area contributed by atoms with Crippen molar-refractivity contribution in [3.63, 3.8) is 0 Å². The summed E-state index contributed by atoms with van der Waals surface area (Å²) in [5, 5.41) is 14.6. The van der Waals surface area contributed by atoms with Gasteiger partial charge in [0.25, 0.3) is 0 Å². The van der Waals surface area contributed by atoms with E-state index in [0.29, 0.717) is 6.42 Å². The summed E-state index contributed by atoms with van der Waals surface area (Å²) in [4.78, 5) is 17.6. The van der Waals surface area contributed by atoms with E-state index in [1.54, 1.807) is 0 Å². The molecule has 6 heteroatoms. The van der Waals surface area contributed by atoms with E-state index >= 15 is 0 Å². The number of carbonyl (C=O) groups is 1. The van der Waals surface area contributed by atoms with Crippen LogP contribution in [0.2, 0.25) is 0 Å². The van der Waals surface area contributed by atoms with Gasteiger partial charge in [0.15, 0.2) is 0 Å². The van der Waals surface area contributed by atoms with Crippen molar-refractivity contribution in [3.8, 4) is 0 Å². The maximum Gasteiger partial charge on any atom is 0.223 e. The molecule has 2 saturated heterocycles. The summed E-state index contributed by atoms with van der Waals surface area (Å²) in [7, 11) is 1.95. The maximum atomic E-state index is 13.1. The fourth-order valence-electron chi connectivity index (χ4n) is 4.96. The van der Waals surface area contributed by atoms with E-state index in [2.05, 4.69) is 28.7 Å². The molecule has 0 bridgehead atoms. The molecule has 2 aliphatic heterocycles. The van der Waals surface area contributed by atoms with E-state index in [-0.39, 0.29) is 24.0 Å². The van der Waals surface area contributed by atoms with E-state index in [9.17, 15) is 9.90 Å². The normalized spacial score (nSPS) is 26.8. The second kappa shape index (κ2) is 7.69. The van der Waals surface area contributed by atoms with Crippen molar-refractivity contribution < 1.29 is 9.90 Å². The Labute approximate surface area is 157 Å². The zero-order valence-corrected chi connectivity index (χ0v) is 16.8. The van der Waals surface area contributed by atoms with Crippen LogP contribution in [-0.2, 0) is 18.3 Å². The Kier molecular flexibility index (Phi) is 5.72. The number of rotatable bonds is 5. The van der Waals surface area contributed by atoms with Gasteiger partial charge < -0.3 is 14.9 Å². The van der Waals surface area contributed by atoms with Gasteiger partial charge in [-0.1, -0.05) is 6.92 Å². The first-order valence-electron chi connectivity index (χ1n) is 10.0. The standard InChI is InChI=1S/C20H34N4O2/c1-5-23-12-10-20(14-25)9-6-11-24(18(20)13-23)19(26)8-7-17-15(2)21-22(4)16(17)3/h18,25H,5-14H2,1-4H3/t18-,20-/m1/s1. The molecule has 0 spiro atoms. The zero-order chi connectivity index (χ0) is 18.9. The number of hydrogen-bond acceptors (Lipinski definition) is 4. The van der Waals surface area contributed by atoms with Gasteiger partial charge in [-0.25, -0.2) is 0 Å². The van der Waals surface area contributed by atoms with Crippen molar-refractivity contribution >= 4 is 5.91 Å². The van der Waals surface area contributed by atoms with Gasteiger partial charge >= 0.3 is 0 Å². The van der Waals surface area contributed by atoms with Gasteiger partial charge in [-0.3, -0.25) is 9.48 Å². The number of aromatic nitrogens is 2. The van der Waals surface area contributed by atoms with E-state index < -0.39 is 0 Å². The molecule has 3 heterocycles. The van der Waals surface area contributed by atoms with Gasteiger partial charge in [0.2, 0.25) is 5.91 Å². The Bertz CT molecular complexity index is 656. The van der Waals surface area contributed by atoms with Crippen LogP contribution in [0.5, 0.6) is 0 Å². The molecule has 1 N–H and O–H groups in total. The zero-order valence-electron chi connectivity index (χ0n) is 16.8. The lowest BCUT2D eigenvalue weighted by Crippen LogP contribution is -2.63. The topological polar surface area (TPSA) is 61.6 Å². The van der Waals surface area contributed by atoms with E-state index in [1.807, 2.05) is 18.7 Å². The number of amides is 1. The SMILES string of the molecule is CCN1CC[C@@]2(CO)CCCN(C(=O)CCc3c(C)nn(C)c3C)[C@@H]2C1. The van der Waals surface area contributed by atoms with Gasteiger partial charge in [-0.15, -0.1) is 0 Å². The smallest absolute Gasteiger partial charge is 0.223 e. The monoisotopic (exact) mass is 362 g/mol. The van der Waals surface area contributed by atoms with Crippen LogP contribution in [0.15, 0.2) is 0 Å². The van der Waals surface area contributed by atoms with Crippen LogP contribution in [0.25, 0.3) is 0 Å². The number of hydrogen-bond donors (Lipinski definition) is 1. The third-order valence-corrected chi connectivity index (χ3v) is 6.84. The fourth-order valence-corrected chi connectivity index (χ4v) is 4.96. The Morgan fingerprint density at radius 2 is 2.08 bits per heavy atom. The number of piperidine rings is 2. The maximum absolute atomic E-state index is 13.1. The summed E-state index contributed by atoms with van der Waals surface area (Å²) < 4.78 is 1.90. The predicted molar refractivity (Wildman–Crippen MR) is 102 cm³/mol. The average Bonchev–Trinajstić information content (AvgIpc) is 2.90. The number of fused-ring (bicyclic) bond motifs is 1. The van der Waals surface area contributed by atoms with Gasteiger partial charge in [0.1, 0.15) is 0 Å². The summed E-state index contributed by atoms with van der Waals surface area (Å²) >= 11 is 0. The van der Waals surface area contributed by atoms with Crippen molar-refractivity contribution in [3.05, 3.63) is 17.0 Å². The lowest BCUT2D eigenvalue weighted by atomic mass is 9.69. The first kappa shape index (κ1) is 19.4. The van der Waals surface area contributed by atoms with E-state index in [0.717, 1.165) is 63.3 Å². The first-order chi connectivity index (χ1) is 12.4. The molecule has 0 unspecified atom stereocenters. The number of nitrogens with zero attached hydrogens (tertiary/aromatic N) is 4. The van der Waals surface area contributed by atoms with Crippen LogP contribution < -0.4 is 0 Å². The highest BCUT2D eigenvalue weighted by molar-refractivity contribution is 5.77. The van der Waals surface area contributed by atoms with Gasteiger partial charge in [0, 0.05) is 37.7 Å². The molecule has 146 valence electrons. The molecule has 0 aromatic carbocycles. The number of likely N-dealkylation sites (tertiary alicyclic amines) is 2. The Morgan fingerprint density at radius 1 is 1.31 bits per heavy atom. The van der Waals surface area contributed by atoms with Crippen molar-refractivity contribution in [2.45, 2.75) is 58.9 Å². The van der Waals surface area contributed by atoms with Crippen LogP contribution in [0.1, 0.15) is 49.6 Å². The molecule has 2 fully saturated rings. The van der Waals surface area contributed by atoms with Crippen LogP contribution in [0.3, 0.4) is 0 Å². The fraction of sp³-hybridized carbons (Fsp3) is 0.800. The molecule has 0 saturated carbocycles. The Hall–Kier alpha value is -1.40. The van der Waals surface area contributed by atoms with Crippen LogP contribution in [-0.4, -0.2) is 69.4 Å². The lowest BCUT2D eigenvalue weighted by Gasteiger charge is -2.54. The second-order valence-corrected chi connectivity index (χ2v) is 8.14. The summed E-state index contributed by atoms with van der Waals surface area (Å²) in [5.41, 5.74) is 3.27. The second-order valence-electron chi connectivity index (χ2n) is 8.14. The minimum Gasteiger partial charge on any atom is -0.396 e. The highest BCUT2D eigenvalue weighted by atomic mass is 16.3. The quantitative estimate of drug-likeness (QED) is 0.865. The summed E-state index contributed by atoms with van der Waals surface area (Å²) in [5.74, 6) is 0.230. The molecule has 26 heavy (non-hydrogen) atoms. The average molecular weight is 363 g/mol. The number of carbonyl (C=O) groups excluding carboxylic acids is 1. The first-order valence-corrected chi connectivity index (χ1v) is 10.0. The third kappa shape index (κ3) is 3.41. The molecule has 2 aliphatic rings. The molecule has 0 aliphatic carbocycles. The predicted octanol–water partition coefficient (Wildman–Crippen LogP) is 1.66. The Morgan fingerprint density at radius 3 is 2.69 bits per heavy atom. The van der Waals surface area contributed by atoms with E-state index in [1.165, 1.54) is 5.56 Å². The minimum atomic E-state index is -0.0975. The van der Waals surface area contributed by atoms with Crippen LogP contribution >= 0.6 is 0 Å². The summed E-state index contributed by atoms with van der Waals surface area (Å²) in [6.07, 6.45) is 4.30. The van der Waals surface area contributed by atoms with Crippen molar-refractivity contribution in [1.29, 1.82) is 0 Å². The Balaban J connectivity index is 1.73. The molecular formula is C20H34N4O2. The molecule has 3 rings (SSSR count). The molecule has 6 nitrogen and oxygen atoms in total. The highest BCUT2D eigenvalue weighted by Gasteiger charge is 2.48. The molecule has 2 atom stereocenters. The third-order valence-electron chi connectivity index (χ3n) is 6.84.